The number of allylic oxidation sites excluding steroid dienone is 23. The van der Waals surface area contributed by atoms with Crippen LogP contribution < -0.4 is 5.32 Å². The zero-order chi connectivity index (χ0) is 55.7. The Morgan fingerprint density at radius 3 is 1.43 bits per heavy atom. The topological polar surface area (TPSA) is 111 Å². The maximum atomic E-state index is 13.5. The van der Waals surface area contributed by atoms with Gasteiger partial charge in [0.25, 0.3) is 0 Å². The summed E-state index contributed by atoms with van der Waals surface area (Å²) in [6.07, 6.45) is 78.4. The molecule has 0 aliphatic heterocycles. The molecular weight excluding hydrogens is 964 g/mol. The second-order valence-corrected chi connectivity index (χ2v) is 22.0. The van der Waals surface area contributed by atoms with E-state index in [-0.39, 0.29) is 37.9 Å². The maximum absolute atomic E-state index is 13.5. The van der Waals surface area contributed by atoms with Crippen LogP contribution >= 0.6 is 7.82 Å². The van der Waals surface area contributed by atoms with E-state index in [0.29, 0.717) is 23.9 Å². The fraction of sp³-hybridized carbons (Fsp3) is 0.606. The van der Waals surface area contributed by atoms with Gasteiger partial charge < -0.3 is 19.4 Å². The number of carbonyl (C=O) groups is 2. The molecule has 0 bridgehead atoms. The average molecular weight is 1070 g/mol. The molecule has 9 nitrogen and oxygen atoms in total. The minimum absolute atomic E-state index is 0.0185. The first-order valence-corrected chi connectivity index (χ1v) is 31.2. The van der Waals surface area contributed by atoms with Crippen molar-refractivity contribution in [1.82, 2.24) is 5.32 Å². The number of carbonyl (C=O) groups excluding carboxylic acids is 2. The summed E-state index contributed by atoms with van der Waals surface area (Å²) in [5.74, 6) is -0.592. The van der Waals surface area contributed by atoms with Crippen LogP contribution in [-0.2, 0) is 27.9 Å². The molecular formula is C66H110N2O7P+. The van der Waals surface area contributed by atoms with E-state index in [4.69, 9.17) is 13.8 Å². The number of hydrogen-bond acceptors (Lipinski definition) is 6. The molecule has 0 aromatic rings. The van der Waals surface area contributed by atoms with Crippen molar-refractivity contribution in [2.75, 3.05) is 40.9 Å². The molecule has 0 aromatic carbocycles. The van der Waals surface area contributed by atoms with Gasteiger partial charge in [-0.05, 0) is 96.0 Å². The van der Waals surface area contributed by atoms with Gasteiger partial charge in [0.15, 0.2) is 0 Å². The van der Waals surface area contributed by atoms with Crippen LogP contribution in [0.1, 0.15) is 207 Å². The highest BCUT2D eigenvalue weighted by atomic mass is 31.2. The van der Waals surface area contributed by atoms with E-state index < -0.39 is 20.0 Å². The Hall–Kier alpha value is -4.11. The van der Waals surface area contributed by atoms with Gasteiger partial charge >= 0.3 is 13.8 Å². The summed E-state index contributed by atoms with van der Waals surface area (Å²) in [5, 5.41) is 3.02. The van der Waals surface area contributed by atoms with Gasteiger partial charge in [-0.1, -0.05) is 244 Å². The predicted molar refractivity (Wildman–Crippen MR) is 327 cm³/mol. The van der Waals surface area contributed by atoms with Crippen LogP contribution in [0, 0.1) is 0 Å². The average Bonchev–Trinajstić information content (AvgIpc) is 3.38. The van der Waals surface area contributed by atoms with Gasteiger partial charge in [0.1, 0.15) is 19.3 Å². The molecule has 3 atom stereocenters. The van der Waals surface area contributed by atoms with E-state index >= 15 is 0 Å². The number of esters is 1. The molecule has 76 heavy (non-hydrogen) atoms. The lowest BCUT2D eigenvalue weighted by atomic mass is 10.1. The molecule has 2 N–H and O–H groups in total. The number of nitrogens with zero attached hydrogens (tertiary/aromatic N) is 1. The van der Waals surface area contributed by atoms with Gasteiger partial charge in [-0.15, -0.1) is 0 Å². The fourth-order valence-electron chi connectivity index (χ4n) is 7.64. The number of quaternary nitrogens is 1. The maximum Gasteiger partial charge on any atom is 0.472 e. The minimum atomic E-state index is -4.48. The number of rotatable bonds is 51. The standard InChI is InChI=1S/C66H109N2O7P/c1-7-10-13-16-19-22-25-28-30-32-33-34-35-37-39-41-44-47-50-53-56-59-66(70)75-64(57-54-51-48-45-42-27-24-21-18-15-12-9-3)63(62-74-76(71,72)73-61-60-68(4,5)6)67-65(69)58-55-52-49-46-43-40-38-36-31-29-26-23-20-17-14-11-8-2/h10-11,13-14,17,19-20,22-23,26,28-31,33-34,36-40,43,54,57,63-64H,7-9,12,15-16,18,21,24-25,27,32,35,41-42,44-53,55-56,58-62H2,1-6H3,(H-,67,69,71,72)/p+1/b13-10-,14-11-,20-17+,22-19-,26-23+,30-28-,31-29-,34-33-,38-36+,39-37-,43-40+,57-54+. The lowest BCUT2D eigenvalue weighted by Gasteiger charge is -2.27. The smallest absolute Gasteiger partial charge is 0.456 e. The van der Waals surface area contributed by atoms with E-state index in [0.717, 1.165) is 109 Å². The third-order valence-corrected chi connectivity index (χ3v) is 13.2. The van der Waals surface area contributed by atoms with Crippen molar-refractivity contribution in [2.24, 2.45) is 0 Å². The van der Waals surface area contributed by atoms with Crippen molar-refractivity contribution in [3.05, 3.63) is 146 Å². The fourth-order valence-corrected chi connectivity index (χ4v) is 8.38. The van der Waals surface area contributed by atoms with Crippen molar-refractivity contribution >= 4 is 19.7 Å². The normalized spacial score (nSPS) is 14.8. The Balaban J connectivity index is 5.43. The molecule has 0 saturated carbocycles. The Kier molecular flexibility index (Phi) is 51.3. The van der Waals surface area contributed by atoms with Gasteiger partial charge in [0.2, 0.25) is 5.91 Å². The van der Waals surface area contributed by atoms with Crippen molar-refractivity contribution < 1.29 is 37.3 Å². The van der Waals surface area contributed by atoms with E-state index in [9.17, 15) is 19.0 Å². The summed E-state index contributed by atoms with van der Waals surface area (Å²) in [4.78, 5) is 37.7. The number of likely N-dealkylation sites (N-methyl/N-ethyl adjacent to an activating group) is 1. The minimum Gasteiger partial charge on any atom is -0.456 e. The first kappa shape index (κ1) is 71.9. The van der Waals surface area contributed by atoms with Gasteiger partial charge in [-0.25, -0.2) is 4.57 Å². The highest BCUT2D eigenvalue weighted by Crippen LogP contribution is 2.43. The van der Waals surface area contributed by atoms with Gasteiger partial charge in [-0.3, -0.25) is 18.6 Å². The Labute approximate surface area is 466 Å². The number of phosphoric ester groups is 1. The Morgan fingerprint density at radius 1 is 0.487 bits per heavy atom. The largest absolute Gasteiger partial charge is 0.472 e. The van der Waals surface area contributed by atoms with Gasteiger partial charge in [-0.2, -0.15) is 0 Å². The van der Waals surface area contributed by atoms with Crippen LogP contribution in [0.2, 0.25) is 0 Å². The number of nitrogens with one attached hydrogen (secondary N) is 1. The molecule has 0 saturated heterocycles. The molecule has 0 radical (unpaired) electrons. The summed E-state index contributed by atoms with van der Waals surface area (Å²) < 4.78 is 30.6. The molecule has 0 spiro atoms. The van der Waals surface area contributed by atoms with Crippen molar-refractivity contribution in [3.63, 3.8) is 0 Å². The summed E-state index contributed by atoms with van der Waals surface area (Å²) in [7, 11) is 1.42. The summed E-state index contributed by atoms with van der Waals surface area (Å²) >= 11 is 0. The molecule has 1 amide bonds. The monoisotopic (exact) mass is 1070 g/mol. The summed E-state index contributed by atoms with van der Waals surface area (Å²) in [6.45, 7) is 6.67. The first-order valence-electron chi connectivity index (χ1n) is 29.7. The quantitative estimate of drug-likeness (QED) is 0.0156. The third kappa shape index (κ3) is 54.7. The lowest BCUT2D eigenvalue weighted by Crippen LogP contribution is -2.47. The second kappa shape index (κ2) is 54.3. The molecule has 10 heteroatoms. The zero-order valence-electron chi connectivity index (χ0n) is 48.9. The second-order valence-electron chi connectivity index (χ2n) is 20.6. The zero-order valence-corrected chi connectivity index (χ0v) is 49.8. The predicted octanol–water partition coefficient (Wildman–Crippen LogP) is 18.3. The van der Waals surface area contributed by atoms with Gasteiger partial charge in [0.05, 0.1) is 33.8 Å². The highest BCUT2D eigenvalue weighted by molar-refractivity contribution is 7.47. The van der Waals surface area contributed by atoms with Crippen molar-refractivity contribution in [2.45, 2.75) is 219 Å². The van der Waals surface area contributed by atoms with Crippen LogP contribution in [0.15, 0.2) is 146 Å². The molecule has 0 aliphatic carbocycles. The number of hydrogen-bond donors (Lipinski definition) is 2. The first-order chi connectivity index (χ1) is 36.9. The van der Waals surface area contributed by atoms with E-state index in [1.165, 1.54) is 51.4 Å². The molecule has 0 rings (SSSR count). The summed E-state index contributed by atoms with van der Waals surface area (Å²) in [5.41, 5.74) is 0. The number of phosphoric acid groups is 1. The summed E-state index contributed by atoms with van der Waals surface area (Å²) in [6, 6.07) is -0.891. The number of amides is 1. The SMILES string of the molecule is CC\C=C/C=C/C=C/C=C\C=C\C=C\CCCCCC(=O)NC(COP(=O)(O)OCC[N+](C)(C)C)C(/C=C/CCCCCCCCCCCC)OC(=O)CCCCCCC/C=C\C/C=C\C/C=C\C/C=C\C/C=C\CC. The molecule has 430 valence electrons. The lowest BCUT2D eigenvalue weighted by molar-refractivity contribution is -0.870. The molecule has 0 aliphatic rings. The Morgan fingerprint density at radius 2 is 0.908 bits per heavy atom. The van der Waals surface area contributed by atoms with Crippen molar-refractivity contribution in [3.8, 4) is 0 Å². The highest BCUT2D eigenvalue weighted by Gasteiger charge is 2.30. The molecule has 0 fully saturated rings. The van der Waals surface area contributed by atoms with E-state index in [2.05, 4.69) is 99.0 Å². The number of ether oxygens (including phenoxy) is 1. The molecule has 3 unspecified atom stereocenters. The number of unbranched alkanes of at least 4 members (excludes halogenated alkanes) is 18. The van der Waals surface area contributed by atoms with Crippen LogP contribution in [0.5, 0.6) is 0 Å². The van der Waals surface area contributed by atoms with Gasteiger partial charge in [0, 0.05) is 12.8 Å². The molecule has 0 heterocycles. The molecule has 0 aromatic heterocycles. The van der Waals surface area contributed by atoms with E-state index in [1.807, 2.05) is 94.1 Å². The van der Waals surface area contributed by atoms with E-state index in [1.54, 1.807) is 0 Å². The van der Waals surface area contributed by atoms with Crippen LogP contribution in [0.4, 0.5) is 0 Å². The van der Waals surface area contributed by atoms with Crippen LogP contribution in [-0.4, -0.2) is 74.3 Å². The Bertz CT molecular complexity index is 1810. The third-order valence-electron chi connectivity index (χ3n) is 12.2. The van der Waals surface area contributed by atoms with Crippen LogP contribution in [0.3, 0.4) is 0 Å². The van der Waals surface area contributed by atoms with Crippen molar-refractivity contribution in [1.29, 1.82) is 0 Å². The van der Waals surface area contributed by atoms with Crippen LogP contribution in [0.25, 0.3) is 0 Å².